The maximum absolute atomic E-state index is 11.0. The molecule has 0 saturated heterocycles. The Hall–Kier alpha value is -1.29. The first-order valence-corrected chi connectivity index (χ1v) is 13.7. The van der Waals surface area contributed by atoms with Gasteiger partial charge in [-0.15, -0.1) is 0 Å². The second-order valence-corrected chi connectivity index (χ2v) is 11.6. The van der Waals surface area contributed by atoms with E-state index in [1.54, 1.807) is 23.1 Å². The summed E-state index contributed by atoms with van der Waals surface area (Å²) in [5.74, 6) is -0.354. The van der Waals surface area contributed by atoms with Crippen molar-refractivity contribution in [3.8, 4) is 0 Å². The van der Waals surface area contributed by atoms with E-state index in [1.807, 2.05) is 24.3 Å². The molecular formula is C21H20Cl2N2O3S3. The van der Waals surface area contributed by atoms with Gasteiger partial charge in [0.25, 0.3) is 5.01 Å². The molecule has 0 amide bonds. The average molecular weight is 516 g/mol. The maximum atomic E-state index is 11.0. The number of aryl methyl sites for hydroxylation is 1. The lowest BCUT2D eigenvalue weighted by atomic mass is 10.2. The molecule has 10 heteroatoms. The van der Waals surface area contributed by atoms with Crippen molar-refractivity contribution in [3.05, 3.63) is 56.5 Å². The molecule has 0 saturated carbocycles. The van der Waals surface area contributed by atoms with E-state index >= 15 is 0 Å². The molecule has 0 unspecified atom stereocenters. The molecule has 2 heterocycles. The third-order valence-corrected chi connectivity index (χ3v) is 8.72. The minimum Gasteiger partial charge on any atom is -0.748 e. The summed E-state index contributed by atoms with van der Waals surface area (Å²) in [5.41, 5.74) is 2.14. The van der Waals surface area contributed by atoms with E-state index in [0.29, 0.717) is 29.4 Å². The Kier molecular flexibility index (Phi) is 6.86. The van der Waals surface area contributed by atoms with Crippen LogP contribution in [-0.4, -0.2) is 25.3 Å². The molecule has 0 N–H and O–H groups in total. The molecule has 1 aliphatic heterocycles. The Morgan fingerprint density at radius 2 is 1.90 bits per heavy atom. The predicted octanol–water partition coefficient (Wildman–Crippen LogP) is 5.75. The second-order valence-electron chi connectivity index (χ2n) is 7.09. The van der Waals surface area contributed by atoms with E-state index in [0.717, 1.165) is 27.2 Å². The summed E-state index contributed by atoms with van der Waals surface area (Å²) in [6, 6.07) is 12.0. The molecule has 0 spiro atoms. The van der Waals surface area contributed by atoms with E-state index in [2.05, 4.69) is 34.6 Å². The van der Waals surface area contributed by atoms with Crippen LogP contribution in [0.1, 0.15) is 24.8 Å². The quantitative estimate of drug-likeness (QED) is 0.228. The summed E-state index contributed by atoms with van der Waals surface area (Å²) < 4.78 is 36.3. The Morgan fingerprint density at radius 3 is 2.65 bits per heavy atom. The van der Waals surface area contributed by atoms with Crippen LogP contribution in [0.5, 0.6) is 0 Å². The fraction of sp³-hybridized carbons (Fsp3) is 0.286. The standard InChI is InChI=1S/C21H20Cl2N2O3S3/c1-2-24-16-7-3-4-8-18(16)29-20(24)13-21-25(9-5-6-10-31(26,27)28)17-11-14(22)15(23)12-19(17)30-21/h3-4,7-8,11-13H,2,5-6,9-10H2,1H3. The molecule has 3 aromatic rings. The van der Waals surface area contributed by atoms with Crippen molar-refractivity contribution in [2.45, 2.75) is 31.2 Å². The highest BCUT2D eigenvalue weighted by Gasteiger charge is 2.28. The second kappa shape index (κ2) is 9.29. The molecule has 0 atom stereocenters. The number of anilines is 1. The van der Waals surface area contributed by atoms with Crippen molar-refractivity contribution in [2.24, 2.45) is 0 Å². The zero-order valence-corrected chi connectivity index (χ0v) is 20.6. The van der Waals surface area contributed by atoms with Gasteiger partial charge in [0, 0.05) is 23.3 Å². The number of hydrogen-bond acceptors (Lipinski definition) is 6. The fourth-order valence-electron chi connectivity index (χ4n) is 3.58. The number of para-hydroxylation sites is 1. The van der Waals surface area contributed by atoms with Gasteiger partial charge in [-0.1, -0.05) is 58.4 Å². The lowest BCUT2D eigenvalue weighted by Crippen LogP contribution is -2.33. The van der Waals surface area contributed by atoms with Crippen LogP contribution in [0.15, 0.2) is 46.3 Å². The number of thiazole rings is 1. The summed E-state index contributed by atoms with van der Waals surface area (Å²) in [7, 11) is -4.21. The van der Waals surface area contributed by atoms with Gasteiger partial charge in [-0.2, -0.15) is 4.57 Å². The number of thioether (sulfide) groups is 1. The molecule has 4 rings (SSSR count). The summed E-state index contributed by atoms with van der Waals surface area (Å²) in [6.07, 6.45) is 3.04. The molecule has 0 radical (unpaired) electrons. The summed E-state index contributed by atoms with van der Waals surface area (Å²) in [6.45, 7) is 3.55. The van der Waals surface area contributed by atoms with Gasteiger partial charge in [-0.05, 0) is 38.0 Å². The van der Waals surface area contributed by atoms with E-state index < -0.39 is 10.1 Å². The van der Waals surface area contributed by atoms with E-state index in [4.69, 9.17) is 23.2 Å². The van der Waals surface area contributed by atoms with Crippen LogP contribution in [0, 0.1) is 0 Å². The Labute approximate surface area is 200 Å². The molecule has 1 aromatic heterocycles. The van der Waals surface area contributed by atoms with Crippen molar-refractivity contribution in [1.82, 2.24) is 0 Å². The zero-order valence-electron chi connectivity index (χ0n) is 16.7. The van der Waals surface area contributed by atoms with Crippen molar-refractivity contribution in [2.75, 3.05) is 17.2 Å². The number of halogens is 2. The summed E-state index contributed by atoms with van der Waals surface area (Å²) in [5, 5.41) is 3.12. The molecule has 164 valence electrons. The van der Waals surface area contributed by atoms with Gasteiger partial charge in [0.05, 0.1) is 37.0 Å². The Morgan fingerprint density at radius 1 is 1.16 bits per heavy atom. The van der Waals surface area contributed by atoms with Crippen LogP contribution in [-0.2, 0) is 16.7 Å². The monoisotopic (exact) mass is 514 g/mol. The molecular weight excluding hydrogens is 495 g/mol. The van der Waals surface area contributed by atoms with Crippen molar-refractivity contribution < 1.29 is 17.5 Å². The van der Waals surface area contributed by atoms with Crippen LogP contribution < -0.4 is 9.47 Å². The predicted molar refractivity (Wildman–Crippen MR) is 129 cm³/mol. The van der Waals surface area contributed by atoms with Gasteiger partial charge in [0.15, 0.2) is 0 Å². The minimum absolute atomic E-state index is 0.314. The number of aromatic nitrogens is 1. The van der Waals surface area contributed by atoms with Gasteiger partial charge < -0.3 is 9.45 Å². The Bertz CT molecular complexity index is 1270. The van der Waals surface area contributed by atoms with Gasteiger partial charge >= 0.3 is 0 Å². The van der Waals surface area contributed by atoms with Crippen molar-refractivity contribution in [1.29, 1.82) is 0 Å². The number of nitrogens with zero attached hydrogens (tertiary/aromatic N) is 2. The molecule has 0 fully saturated rings. The van der Waals surface area contributed by atoms with Crippen LogP contribution >= 0.6 is 46.3 Å². The zero-order chi connectivity index (χ0) is 22.2. The fourth-order valence-corrected chi connectivity index (χ4v) is 6.90. The van der Waals surface area contributed by atoms with Crippen LogP contribution in [0.25, 0.3) is 16.3 Å². The van der Waals surface area contributed by atoms with Gasteiger partial charge in [0.1, 0.15) is 11.2 Å². The topological polar surface area (TPSA) is 64.3 Å². The number of fused-ring (bicyclic) bond motifs is 2. The molecule has 1 aliphatic rings. The number of rotatable bonds is 7. The Balaban J connectivity index is 1.70. The van der Waals surface area contributed by atoms with Crippen LogP contribution in [0.3, 0.4) is 0 Å². The first kappa shape index (κ1) is 22.9. The van der Waals surface area contributed by atoms with Crippen molar-refractivity contribution in [3.63, 3.8) is 0 Å². The van der Waals surface area contributed by atoms with Crippen LogP contribution in [0.4, 0.5) is 5.69 Å². The third-order valence-electron chi connectivity index (χ3n) is 5.00. The molecule has 0 bridgehead atoms. The van der Waals surface area contributed by atoms with Gasteiger partial charge in [-0.3, -0.25) is 0 Å². The summed E-state index contributed by atoms with van der Waals surface area (Å²) >= 11 is 15.9. The first-order chi connectivity index (χ1) is 14.8. The molecule has 5 nitrogen and oxygen atoms in total. The van der Waals surface area contributed by atoms with E-state index in [9.17, 15) is 13.0 Å². The normalized spacial score (nSPS) is 15.2. The third kappa shape index (κ3) is 5.05. The minimum atomic E-state index is -4.21. The van der Waals surface area contributed by atoms with E-state index in [-0.39, 0.29) is 5.75 Å². The van der Waals surface area contributed by atoms with Crippen molar-refractivity contribution >= 4 is 78.4 Å². The molecule has 0 aliphatic carbocycles. The highest BCUT2D eigenvalue weighted by atomic mass is 35.5. The lowest BCUT2D eigenvalue weighted by molar-refractivity contribution is -0.665. The van der Waals surface area contributed by atoms with Crippen LogP contribution in [0.2, 0.25) is 10.0 Å². The van der Waals surface area contributed by atoms with E-state index in [1.165, 1.54) is 10.2 Å². The summed E-state index contributed by atoms with van der Waals surface area (Å²) in [4.78, 5) is 3.13. The number of unbranched alkanes of at least 4 members (excludes halogenated alkanes) is 1. The highest BCUT2D eigenvalue weighted by molar-refractivity contribution is 8.04. The number of hydrogen-bond donors (Lipinski definition) is 0. The molecule has 2 aromatic carbocycles. The smallest absolute Gasteiger partial charge is 0.265 e. The SMILES string of the molecule is CC[n+]1c(/C=C2\Sc3cc(Cl)c(Cl)cc3N2CCCCS(=O)(=O)[O-])sc2ccccc21. The largest absolute Gasteiger partial charge is 0.748 e. The van der Waals surface area contributed by atoms with Gasteiger partial charge in [-0.25, -0.2) is 8.42 Å². The lowest BCUT2D eigenvalue weighted by Gasteiger charge is -2.20. The number of benzene rings is 2. The van der Waals surface area contributed by atoms with Gasteiger partial charge in [0.2, 0.25) is 5.52 Å². The maximum Gasteiger partial charge on any atom is 0.265 e. The average Bonchev–Trinajstić information content (AvgIpc) is 3.22. The first-order valence-electron chi connectivity index (χ1n) is 9.78. The highest BCUT2D eigenvalue weighted by Crippen LogP contribution is 2.49. The molecule has 31 heavy (non-hydrogen) atoms.